The van der Waals surface area contributed by atoms with E-state index in [4.69, 9.17) is 5.26 Å². The van der Waals surface area contributed by atoms with Crippen molar-refractivity contribution in [2.45, 2.75) is 19.3 Å². The van der Waals surface area contributed by atoms with Gasteiger partial charge in [-0.15, -0.1) is 0 Å². The van der Waals surface area contributed by atoms with Crippen LogP contribution in [0.15, 0.2) is 11.6 Å². The van der Waals surface area contributed by atoms with Crippen LogP contribution in [0.3, 0.4) is 0 Å². The third-order valence-electron chi connectivity index (χ3n) is 2.65. The predicted molar refractivity (Wildman–Crippen MR) is 47.5 cm³/mol. The number of hydrogen-bond donors (Lipinski definition) is 0. The Balaban J connectivity index is 1.81. The van der Waals surface area contributed by atoms with Crippen molar-refractivity contribution < 1.29 is 0 Å². The Bertz CT molecular complexity index is 233. The molecule has 0 N–H and O–H groups in total. The number of nitriles is 1. The van der Waals surface area contributed by atoms with E-state index in [-0.39, 0.29) is 0 Å². The second-order valence-electron chi connectivity index (χ2n) is 3.79. The summed E-state index contributed by atoms with van der Waals surface area (Å²) in [6, 6.07) is 2.23. The van der Waals surface area contributed by atoms with E-state index in [0.29, 0.717) is 0 Å². The summed E-state index contributed by atoms with van der Waals surface area (Å²) in [7, 11) is 0. The summed E-state index contributed by atoms with van der Waals surface area (Å²) in [5.41, 5.74) is 0.974. The van der Waals surface area contributed by atoms with Crippen LogP contribution in [0.1, 0.15) is 19.3 Å². The van der Waals surface area contributed by atoms with Gasteiger partial charge in [-0.25, -0.2) is 0 Å². The summed E-state index contributed by atoms with van der Waals surface area (Å²) in [6.45, 7) is 3.35. The van der Waals surface area contributed by atoms with Crippen molar-refractivity contribution in [3.05, 3.63) is 11.6 Å². The smallest absolute Gasteiger partial charge is 0.0944 e. The minimum Gasteiger partial charge on any atom is -0.299 e. The lowest BCUT2D eigenvalue weighted by molar-refractivity contribution is 0.284. The lowest BCUT2D eigenvalue weighted by atomic mass is 10.1. The SMILES string of the molecule is N#CC1=CCN(CC2CC2)CC1. The minimum absolute atomic E-state index is 0.962. The molecule has 1 aliphatic heterocycles. The Labute approximate surface area is 73.5 Å². The maximum absolute atomic E-state index is 8.63. The second kappa shape index (κ2) is 3.28. The van der Waals surface area contributed by atoms with Crippen LogP contribution < -0.4 is 0 Å². The summed E-state index contributed by atoms with van der Waals surface area (Å²) in [6.07, 6.45) is 5.88. The fraction of sp³-hybridized carbons (Fsp3) is 0.700. The lowest BCUT2D eigenvalue weighted by Gasteiger charge is -2.23. The molecule has 0 aromatic rings. The third-order valence-corrected chi connectivity index (χ3v) is 2.65. The number of hydrogen-bond acceptors (Lipinski definition) is 2. The molecule has 12 heavy (non-hydrogen) atoms. The van der Waals surface area contributed by atoms with Gasteiger partial charge < -0.3 is 0 Å². The fourth-order valence-electron chi connectivity index (χ4n) is 1.64. The van der Waals surface area contributed by atoms with Crippen LogP contribution in [-0.4, -0.2) is 24.5 Å². The standard InChI is InChI=1S/C10H14N2/c11-7-9-3-5-12(6-4-9)8-10-1-2-10/h3,10H,1-2,4-6,8H2. The topological polar surface area (TPSA) is 27.0 Å². The second-order valence-corrected chi connectivity index (χ2v) is 3.79. The van der Waals surface area contributed by atoms with E-state index in [1.165, 1.54) is 19.4 Å². The van der Waals surface area contributed by atoms with Gasteiger partial charge in [0.15, 0.2) is 0 Å². The molecular weight excluding hydrogens is 148 g/mol. The molecule has 0 unspecified atom stereocenters. The van der Waals surface area contributed by atoms with E-state index in [9.17, 15) is 0 Å². The van der Waals surface area contributed by atoms with Crippen LogP contribution in [-0.2, 0) is 0 Å². The first-order chi connectivity index (χ1) is 5.88. The summed E-state index contributed by atoms with van der Waals surface area (Å²) in [5, 5.41) is 8.63. The Hall–Kier alpha value is -0.810. The Morgan fingerprint density at radius 1 is 1.58 bits per heavy atom. The average molecular weight is 162 g/mol. The van der Waals surface area contributed by atoms with Gasteiger partial charge in [-0.05, 0) is 25.2 Å². The molecule has 2 heteroatoms. The highest BCUT2D eigenvalue weighted by molar-refractivity contribution is 5.23. The normalized spacial score (nSPS) is 24.8. The van der Waals surface area contributed by atoms with Crippen molar-refractivity contribution in [2.24, 2.45) is 5.92 Å². The van der Waals surface area contributed by atoms with Gasteiger partial charge >= 0.3 is 0 Å². The summed E-state index contributed by atoms with van der Waals surface area (Å²) < 4.78 is 0. The molecule has 0 amide bonds. The van der Waals surface area contributed by atoms with E-state index >= 15 is 0 Å². The van der Waals surface area contributed by atoms with Gasteiger partial charge in [0.25, 0.3) is 0 Å². The monoisotopic (exact) mass is 162 g/mol. The summed E-state index contributed by atoms with van der Waals surface area (Å²) in [5.74, 6) is 0.974. The van der Waals surface area contributed by atoms with E-state index in [2.05, 4.69) is 17.0 Å². The third kappa shape index (κ3) is 1.86. The minimum atomic E-state index is 0.962. The molecule has 0 spiro atoms. The van der Waals surface area contributed by atoms with Gasteiger partial charge in [-0.2, -0.15) is 5.26 Å². The Morgan fingerprint density at radius 2 is 2.42 bits per heavy atom. The maximum Gasteiger partial charge on any atom is 0.0944 e. The zero-order valence-electron chi connectivity index (χ0n) is 7.29. The molecule has 0 radical (unpaired) electrons. The fourth-order valence-corrected chi connectivity index (χ4v) is 1.64. The molecule has 0 saturated heterocycles. The van der Waals surface area contributed by atoms with E-state index < -0.39 is 0 Å². The van der Waals surface area contributed by atoms with Crippen LogP contribution in [0.4, 0.5) is 0 Å². The molecular formula is C10H14N2. The van der Waals surface area contributed by atoms with Gasteiger partial charge in [0, 0.05) is 25.2 Å². The quantitative estimate of drug-likeness (QED) is 0.616. The highest BCUT2D eigenvalue weighted by Crippen LogP contribution is 2.30. The molecule has 2 nitrogen and oxygen atoms in total. The molecule has 0 bridgehead atoms. The largest absolute Gasteiger partial charge is 0.299 e. The Morgan fingerprint density at radius 3 is 2.92 bits per heavy atom. The van der Waals surface area contributed by atoms with Gasteiger partial charge in [0.2, 0.25) is 0 Å². The Kier molecular flexibility index (Phi) is 2.14. The van der Waals surface area contributed by atoms with Crippen molar-refractivity contribution in [1.82, 2.24) is 4.90 Å². The van der Waals surface area contributed by atoms with E-state index in [1.807, 2.05) is 0 Å². The molecule has 0 atom stereocenters. The number of nitrogens with zero attached hydrogens (tertiary/aromatic N) is 2. The number of rotatable bonds is 2. The predicted octanol–water partition coefficient (Wildman–Crippen LogP) is 1.55. The molecule has 0 aromatic carbocycles. The van der Waals surface area contributed by atoms with Gasteiger partial charge in [-0.1, -0.05) is 6.08 Å². The maximum atomic E-state index is 8.63. The summed E-state index contributed by atoms with van der Waals surface area (Å²) >= 11 is 0. The van der Waals surface area contributed by atoms with Crippen molar-refractivity contribution in [3.8, 4) is 6.07 Å². The van der Waals surface area contributed by atoms with Gasteiger partial charge in [0.05, 0.1) is 6.07 Å². The zero-order valence-corrected chi connectivity index (χ0v) is 7.29. The van der Waals surface area contributed by atoms with E-state index in [1.54, 1.807) is 0 Å². The highest BCUT2D eigenvalue weighted by atomic mass is 15.1. The van der Waals surface area contributed by atoms with E-state index in [0.717, 1.165) is 31.0 Å². The van der Waals surface area contributed by atoms with Crippen LogP contribution >= 0.6 is 0 Å². The molecule has 1 heterocycles. The molecule has 2 rings (SSSR count). The molecule has 1 aliphatic carbocycles. The molecule has 2 aliphatic rings. The lowest BCUT2D eigenvalue weighted by Crippen LogP contribution is -2.30. The van der Waals surface area contributed by atoms with Crippen LogP contribution in [0.2, 0.25) is 0 Å². The van der Waals surface area contributed by atoms with Gasteiger partial charge in [0.1, 0.15) is 0 Å². The van der Waals surface area contributed by atoms with Crippen molar-refractivity contribution in [2.75, 3.05) is 19.6 Å². The molecule has 0 aromatic heterocycles. The average Bonchev–Trinajstić information content (AvgIpc) is 2.90. The van der Waals surface area contributed by atoms with Crippen LogP contribution in [0.25, 0.3) is 0 Å². The van der Waals surface area contributed by atoms with Crippen molar-refractivity contribution in [1.29, 1.82) is 5.26 Å². The molecule has 1 fully saturated rings. The van der Waals surface area contributed by atoms with Gasteiger partial charge in [-0.3, -0.25) is 4.90 Å². The molecule has 64 valence electrons. The first-order valence-electron chi connectivity index (χ1n) is 4.70. The zero-order chi connectivity index (χ0) is 8.39. The van der Waals surface area contributed by atoms with Crippen LogP contribution in [0.5, 0.6) is 0 Å². The van der Waals surface area contributed by atoms with Crippen LogP contribution in [0, 0.1) is 17.2 Å². The summed E-state index contributed by atoms with van der Waals surface area (Å²) in [4.78, 5) is 2.46. The highest BCUT2D eigenvalue weighted by Gasteiger charge is 2.24. The van der Waals surface area contributed by atoms with Crippen molar-refractivity contribution >= 4 is 0 Å². The first kappa shape index (κ1) is 7.82. The molecule has 1 saturated carbocycles. The first-order valence-corrected chi connectivity index (χ1v) is 4.70. The van der Waals surface area contributed by atoms with Crippen molar-refractivity contribution in [3.63, 3.8) is 0 Å².